The van der Waals surface area contributed by atoms with Gasteiger partial charge in [0.05, 0.1) is 16.7 Å². The van der Waals surface area contributed by atoms with Gasteiger partial charge in [0.2, 0.25) is 0 Å². The smallest absolute Gasteiger partial charge is 0.0989 e. The second-order valence-electron chi connectivity index (χ2n) is 5.89. The number of fused-ring (bicyclic) bond motifs is 3. The van der Waals surface area contributed by atoms with Crippen LogP contribution in [0.2, 0.25) is 0 Å². The summed E-state index contributed by atoms with van der Waals surface area (Å²) >= 11 is 0. The molecule has 3 heterocycles. The molecule has 0 aliphatic carbocycles. The van der Waals surface area contributed by atoms with Crippen molar-refractivity contribution in [1.29, 1.82) is 0 Å². The quantitative estimate of drug-likeness (QED) is 0.657. The van der Waals surface area contributed by atoms with Gasteiger partial charge in [0.15, 0.2) is 0 Å². The molecule has 0 amide bonds. The summed E-state index contributed by atoms with van der Waals surface area (Å²) in [6.45, 7) is 8.30. The van der Waals surface area contributed by atoms with Crippen LogP contribution in [0.4, 0.5) is 5.69 Å². The van der Waals surface area contributed by atoms with Crippen molar-refractivity contribution >= 4 is 33.6 Å². The van der Waals surface area contributed by atoms with E-state index in [0.29, 0.717) is 0 Å². The summed E-state index contributed by atoms with van der Waals surface area (Å²) in [5.41, 5.74) is 5.46. The minimum atomic E-state index is 0.985. The number of aromatic nitrogens is 2. The minimum Gasteiger partial charge on any atom is -0.370 e. The van der Waals surface area contributed by atoms with Gasteiger partial charge in [0.25, 0.3) is 0 Å². The molecule has 0 unspecified atom stereocenters. The van der Waals surface area contributed by atoms with E-state index in [4.69, 9.17) is 4.98 Å². The molecule has 0 spiro atoms. The Hall–Kier alpha value is -2.42. The normalized spacial score (nSPS) is 14.9. The van der Waals surface area contributed by atoms with Crippen LogP contribution in [0.5, 0.6) is 0 Å². The molecule has 2 aromatic heterocycles. The van der Waals surface area contributed by atoms with Gasteiger partial charge < -0.3 is 4.90 Å². The van der Waals surface area contributed by atoms with E-state index in [-0.39, 0.29) is 0 Å². The van der Waals surface area contributed by atoms with Crippen molar-refractivity contribution in [3.8, 4) is 0 Å². The number of nitrogens with zero attached hydrogens (tertiary/aromatic N) is 3. The number of anilines is 1. The van der Waals surface area contributed by atoms with Gasteiger partial charge in [-0.3, -0.25) is 9.97 Å². The lowest BCUT2D eigenvalue weighted by Crippen LogP contribution is -2.20. The molecule has 22 heavy (non-hydrogen) atoms. The highest BCUT2D eigenvalue weighted by atomic mass is 15.1. The molecule has 1 fully saturated rings. The van der Waals surface area contributed by atoms with E-state index in [1.54, 1.807) is 0 Å². The lowest BCUT2D eigenvalue weighted by atomic mass is 10.0. The minimum absolute atomic E-state index is 0.985. The maximum absolute atomic E-state index is 4.85. The summed E-state index contributed by atoms with van der Waals surface area (Å²) in [7, 11) is 0. The second kappa shape index (κ2) is 5.09. The second-order valence-corrected chi connectivity index (χ2v) is 5.89. The van der Waals surface area contributed by atoms with Gasteiger partial charge in [0, 0.05) is 41.3 Å². The molecule has 0 atom stereocenters. The van der Waals surface area contributed by atoms with Gasteiger partial charge in [-0.25, -0.2) is 0 Å². The van der Waals surface area contributed by atoms with Crippen LogP contribution in [0.25, 0.3) is 27.9 Å². The van der Waals surface area contributed by atoms with Crippen molar-refractivity contribution in [3.05, 3.63) is 48.3 Å². The molecule has 3 heteroatoms. The van der Waals surface area contributed by atoms with Crippen molar-refractivity contribution in [3.63, 3.8) is 0 Å². The van der Waals surface area contributed by atoms with E-state index in [9.17, 15) is 0 Å². The first-order chi connectivity index (χ1) is 10.8. The predicted molar refractivity (Wildman–Crippen MR) is 93.3 cm³/mol. The first-order valence-corrected chi connectivity index (χ1v) is 7.85. The Morgan fingerprint density at radius 2 is 1.95 bits per heavy atom. The molecule has 3 nitrogen and oxygen atoms in total. The Kier molecular flexibility index (Phi) is 3.07. The molecule has 0 N–H and O–H groups in total. The van der Waals surface area contributed by atoms with Gasteiger partial charge in [0.1, 0.15) is 0 Å². The van der Waals surface area contributed by atoms with Crippen molar-refractivity contribution in [2.75, 3.05) is 18.0 Å². The average Bonchev–Trinajstić information content (AvgIpc) is 3.07. The SMILES string of the molecule is C=Cc1c(C)nc2c(ccc3cccnc32)c1N1CCCC1. The van der Waals surface area contributed by atoms with E-state index in [1.807, 2.05) is 18.3 Å². The fourth-order valence-electron chi connectivity index (χ4n) is 3.50. The van der Waals surface area contributed by atoms with Crippen LogP contribution < -0.4 is 4.90 Å². The maximum Gasteiger partial charge on any atom is 0.0989 e. The standard InChI is InChI=1S/C19H19N3/c1-3-15-13(2)21-18-16(19(15)22-11-4-5-12-22)9-8-14-7-6-10-20-17(14)18/h3,6-10H,1,4-5,11-12H2,2H3. The third-order valence-electron chi connectivity index (χ3n) is 4.55. The first-order valence-electron chi connectivity index (χ1n) is 7.85. The Bertz CT molecular complexity index is 877. The monoisotopic (exact) mass is 289 g/mol. The maximum atomic E-state index is 4.85. The number of hydrogen-bond donors (Lipinski definition) is 0. The van der Waals surface area contributed by atoms with Crippen molar-refractivity contribution in [2.45, 2.75) is 19.8 Å². The zero-order chi connectivity index (χ0) is 15.1. The molecule has 1 saturated heterocycles. The van der Waals surface area contributed by atoms with Crippen molar-refractivity contribution < 1.29 is 0 Å². The van der Waals surface area contributed by atoms with Crippen LogP contribution in [0.3, 0.4) is 0 Å². The number of aryl methyl sites for hydroxylation is 1. The Labute approximate surface area is 130 Å². The highest BCUT2D eigenvalue weighted by Crippen LogP contribution is 2.36. The topological polar surface area (TPSA) is 29.0 Å². The third-order valence-corrected chi connectivity index (χ3v) is 4.55. The zero-order valence-corrected chi connectivity index (χ0v) is 12.8. The van der Waals surface area contributed by atoms with Gasteiger partial charge >= 0.3 is 0 Å². The number of pyridine rings is 2. The fraction of sp³-hybridized carbons (Fsp3) is 0.263. The van der Waals surface area contributed by atoms with Gasteiger partial charge in [-0.2, -0.15) is 0 Å². The number of hydrogen-bond acceptors (Lipinski definition) is 3. The van der Waals surface area contributed by atoms with Crippen LogP contribution >= 0.6 is 0 Å². The van der Waals surface area contributed by atoms with Gasteiger partial charge in [-0.15, -0.1) is 0 Å². The molecule has 3 aromatic rings. The van der Waals surface area contributed by atoms with E-state index < -0.39 is 0 Å². The molecular formula is C19H19N3. The Balaban J connectivity index is 2.13. The van der Waals surface area contributed by atoms with Crippen LogP contribution in [0, 0.1) is 6.92 Å². The molecule has 0 radical (unpaired) electrons. The summed E-state index contributed by atoms with van der Waals surface area (Å²) in [4.78, 5) is 11.9. The van der Waals surface area contributed by atoms with Crippen LogP contribution in [-0.4, -0.2) is 23.1 Å². The fourth-order valence-corrected chi connectivity index (χ4v) is 3.50. The Morgan fingerprint density at radius 3 is 2.73 bits per heavy atom. The van der Waals surface area contributed by atoms with Crippen molar-refractivity contribution in [1.82, 2.24) is 9.97 Å². The molecule has 110 valence electrons. The predicted octanol–water partition coefficient (Wildman–Crippen LogP) is 4.33. The summed E-state index contributed by atoms with van der Waals surface area (Å²) in [6, 6.07) is 8.40. The zero-order valence-electron chi connectivity index (χ0n) is 12.8. The summed E-state index contributed by atoms with van der Waals surface area (Å²) in [6.07, 6.45) is 6.30. The highest BCUT2D eigenvalue weighted by molar-refractivity contribution is 6.09. The van der Waals surface area contributed by atoms with E-state index in [0.717, 1.165) is 40.8 Å². The summed E-state index contributed by atoms with van der Waals surface area (Å²) < 4.78 is 0. The molecule has 1 aliphatic rings. The number of rotatable bonds is 2. The average molecular weight is 289 g/mol. The van der Waals surface area contributed by atoms with E-state index >= 15 is 0 Å². The summed E-state index contributed by atoms with van der Waals surface area (Å²) in [5.74, 6) is 0. The molecule has 4 rings (SSSR count). The van der Waals surface area contributed by atoms with E-state index in [2.05, 4.69) is 41.6 Å². The number of benzene rings is 1. The van der Waals surface area contributed by atoms with Crippen LogP contribution in [-0.2, 0) is 0 Å². The lowest BCUT2D eigenvalue weighted by Gasteiger charge is -2.23. The molecular weight excluding hydrogens is 270 g/mol. The van der Waals surface area contributed by atoms with Gasteiger partial charge in [-0.1, -0.05) is 24.8 Å². The third kappa shape index (κ3) is 1.89. The first kappa shape index (κ1) is 13.3. The molecule has 0 saturated carbocycles. The Morgan fingerprint density at radius 1 is 1.14 bits per heavy atom. The largest absolute Gasteiger partial charge is 0.370 e. The molecule has 1 aliphatic heterocycles. The molecule has 1 aromatic carbocycles. The van der Waals surface area contributed by atoms with Crippen LogP contribution in [0.1, 0.15) is 24.1 Å². The summed E-state index contributed by atoms with van der Waals surface area (Å²) in [5, 5.41) is 2.33. The van der Waals surface area contributed by atoms with E-state index in [1.165, 1.54) is 23.9 Å². The van der Waals surface area contributed by atoms with Crippen LogP contribution in [0.15, 0.2) is 37.0 Å². The van der Waals surface area contributed by atoms with Gasteiger partial charge in [-0.05, 0) is 31.9 Å². The highest BCUT2D eigenvalue weighted by Gasteiger charge is 2.20. The molecule has 0 bridgehead atoms. The lowest BCUT2D eigenvalue weighted by molar-refractivity contribution is 0.949. The van der Waals surface area contributed by atoms with Crippen molar-refractivity contribution in [2.24, 2.45) is 0 Å².